The molecule has 1 amide bonds. The third kappa shape index (κ3) is 8.28. The Labute approximate surface area is 229 Å². The van der Waals surface area contributed by atoms with E-state index in [1.807, 2.05) is 31.7 Å². The SMILES string of the molecule is CC(C)(C)N(CCOC(=O)C(F)(F)F)Cc1ccc(C(=O)NN(c2nc(C#N)ncc2Cl)C2CCCC2)cc1. The van der Waals surface area contributed by atoms with E-state index in [1.165, 1.54) is 6.20 Å². The lowest BCUT2D eigenvalue weighted by atomic mass is 10.0. The molecule has 1 heterocycles. The lowest BCUT2D eigenvalue weighted by Gasteiger charge is -2.35. The number of nitrogens with zero attached hydrogens (tertiary/aromatic N) is 5. The van der Waals surface area contributed by atoms with Crippen molar-refractivity contribution in [3.8, 4) is 6.07 Å². The van der Waals surface area contributed by atoms with Crippen LogP contribution in [0.5, 0.6) is 0 Å². The summed E-state index contributed by atoms with van der Waals surface area (Å²) in [6, 6.07) is 8.63. The number of aromatic nitrogens is 2. The summed E-state index contributed by atoms with van der Waals surface area (Å²) in [4.78, 5) is 34.1. The summed E-state index contributed by atoms with van der Waals surface area (Å²) in [6.45, 7) is 5.73. The highest BCUT2D eigenvalue weighted by atomic mass is 35.5. The molecule has 0 aliphatic heterocycles. The molecule has 1 aromatic heterocycles. The first kappa shape index (κ1) is 30.1. The first-order chi connectivity index (χ1) is 18.3. The monoisotopic (exact) mass is 566 g/mol. The van der Waals surface area contributed by atoms with Gasteiger partial charge in [-0.05, 0) is 51.3 Å². The predicted molar refractivity (Wildman–Crippen MR) is 138 cm³/mol. The Morgan fingerprint density at radius 2 is 1.82 bits per heavy atom. The molecule has 0 unspecified atom stereocenters. The highest BCUT2D eigenvalue weighted by molar-refractivity contribution is 6.32. The molecule has 39 heavy (non-hydrogen) atoms. The third-order valence-electron chi connectivity index (χ3n) is 6.33. The zero-order valence-corrected chi connectivity index (χ0v) is 22.6. The topological polar surface area (TPSA) is 111 Å². The lowest BCUT2D eigenvalue weighted by molar-refractivity contribution is -0.200. The first-order valence-electron chi connectivity index (χ1n) is 12.4. The van der Waals surface area contributed by atoms with Crippen molar-refractivity contribution in [1.29, 1.82) is 5.26 Å². The quantitative estimate of drug-likeness (QED) is 0.340. The smallest absolute Gasteiger partial charge is 0.458 e. The van der Waals surface area contributed by atoms with Crippen molar-refractivity contribution in [1.82, 2.24) is 20.3 Å². The number of benzene rings is 1. The summed E-state index contributed by atoms with van der Waals surface area (Å²) in [7, 11) is 0. The average molecular weight is 567 g/mol. The van der Waals surface area contributed by atoms with Crippen molar-refractivity contribution < 1.29 is 27.5 Å². The molecule has 0 bridgehead atoms. The van der Waals surface area contributed by atoms with Gasteiger partial charge in [0, 0.05) is 24.2 Å². The van der Waals surface area contributed by atoms with E-state index >= 15 is 0 Å². The van der Waals surface area contributed by atoms with Gasteiger partial charge in [0.15, 0.2) is 5.82 Å². The van der Waals surface area contributed by atoms with Gasteiger partial charge in [-0.2, -0.15) is 23.4 Å². The Bertz CT molecular complexity index is 1210. The van der Waals surface area contributed by atoms with Crippen LogP contribution in [-0.2, 0) is 16.1 Å². The van der Waals surface area contributed by atoms with Gasteiger partial charge < -0.3 is 4.74 Å². The summed E-state index contributed by atoms with van der Waals surface area (Å²) in [5, 5.41) is 11.0. The standard InChI is InChI=1S/C26H30ClF3N6O3/c1-25(2,3)35(12-13-39-24(38)26(28,29)30)16-17-8-10-18(11-9-17)23(37)34-36(19-6-4-5-7-19)22-20(27)15-32-21(14-31)33-22/h8-11,15,19H,4-7,12-13,16H2,1-3H3,(H,34,37). The molecular weight excluding hydrogens is 537 g/mol. The van der Waals surface area contributed by atoms with Crippen LogP contribution in [0.1, 0.15) is 68.2 Å². The molecule has 2 aromatic rings. The van der Waals surface area contributed by atoms with E-state index in [9.17, 15) is 28.0 Å². The van der Waals surface area contributed by atoms with Crippen LogP contribution in [-0.4, -0.2) is 57.7 Å². The Kier molecular flexibility index (Phi) is 9.74. The van der Waals surface area contributed by atoms with Gasteiger partial charge in [-0.1, -0.05) is 36.6 Å². The Balaban J connectivity index is 1.70. The molecule has 0 atom stereocenters. The van der Waals surface area contributed by atoms with Crippen molar-refractivity contribution in [3.63, 3.8) is 0 Å². The molecule has 13 heteroatoms. The van der Waals surface area contributed by atoms with Gasteiger partial charge in [0.1, 0.15) is 17.7 Å². The van der Waals surface area contributed by atoms with Crippen molar-refractivity contribution in [2.45, 2.75) is 70.8 Å². The van der Waals surface area contributed by atoms with E-state index in [0.29, 0.717) is 12.1 Å². The van der Waals surface area contributed by atoms with E-state index in [2.05, 4.69) is 20.1 Å². The number of alkyl halides is 3. The number of hydrazine groups is 1. The molecule has 1 aliphatic carbocycles. The number of nitrogens with one attached hydrogen (secondary N) is 1. The van der Waals surface area contributed by atoms with Crippen LogP contribution in [0.4, 0.5) is 19.0 Å². The molecule has 1 N–H and O–H groups in total. The summed E-state index contributed by atoms with van der Waals surface area (Å²) in [6.07, 6.45) is -0.0906. The summed E-state index contributed by atoms with van der Waals surface area (Å²) < 4.78 is 41.6. The average Bonchev–Trinajstić information content (AvgIpc) is 3.41. The van der Waals surface area contributed by atoms with Crippen LogP contribution >= 0.6 is 11.6 Å². The molecule has 1 aliphatic rings. The third-order valence-corrected chi connectivity index (χ3v) is 6.60. The molecule has 0 spiro atoms. The Morgan fingerprint density at radius 3 is 2.38 bits per heavy atom. The second-order valence-electron chi connectivity index (χ2n) is 10.1. The van der Waals surface area contributed by atoms with E-state index < -0.39 is 30.2 Å². The fraction of sp³-hybridized carbons (Fsp3) is 0.500. The second-order valence-corrected chi connectivity index (χ2v) is 10.6. The maximum absolute atomic E-state index is 13.2. The van der Waals surface area contributed by atoms with Gasteiger partial charge in [-0.15, -0.1) is 0 Å². The Hall–Kier alpha value is -3.43. The summed E-state index contributed by atoms with van der Waals surface area (Å²) in [5.74, 6) is -2.42. The number of ether oxygens (including phenoxy) is 1. The largest absolute Gasteiger partial charge is 0.490 e. The number of hydrogen-bond acceptors (Lipinski definition) is 8. The molecular formula is C26H30ClF3N6O3. The zero-order chi connectivity index (χ0) is 28.8. The number of carbonyl (C=O) groups excluding carboxylic acids is 2. The number of halogens is 4. The number of rotatable bonds is 9. The number of anilines is 1. The van der Waals surface area contributed by atoms with Gasteiger partial charge in [0.05, 0.1) is 12.2 Å². The minimum atomic E-state index is -5.03. The number of hydrogen-bond donors (Lipinski definition) is 1. The summed E-state index contributed by atoms with van der Waals surface area (Å²) in [5.41, 5.74) is 3.63. The van der Waals surface area contributed by atoms with Gasteiger partial charge in [0.2, 0.25) is 5.82 Å². The number of nitriles is 1. The van der Waals surface area contributed by atoms with Gasteiger partial charge in [-0.25, -0.2) is 9.78 Å². The minimum Gasteiger partial charge on any atom is -0.458 e. The number of esters is 1. The van der Waals surface area contributed by atoms with Crippen LogP contribution in [0.15, 0.2) is 30.5 Å². The molecule has 1 aromatic carbocycles. The van der Waals surface area contributed by atoms with Crippen LogP contribution < -0.4 is 10.4 Å². The maximum Gasteiger partial charge on any atom is 0.490 e. The number of amides is 1. The maximum atomic E-state index is 13.2. The summed E-state index contributed by atoms with van der Waals surface area (Å²) >= 11 is 6.32. The highest BCUT2D eigenvalue weighted by Crippen LogP contribution is 2.30. The molecule has 0 radical (unpaired) electrons. The van der Waals surface area contributed by atoms with Gasteiger partial charge >= 0.3 is 12.1 Å². The fourth-order valence-electron chi connectivity index (χ4n) is 4.20. The van der Waals surface area contributed by atoms with E-state index in [1.54, 1.807) is 29.3 Å². The molecule has 210 valence electrons. The number of carbonyl (C=O) groups is 2. The van der Waals surface area contributed by atoms with Crippen LogP contribution in [0, 0.1) is 11.3 Å². The lowest BCUT2D eigenvalue weighted by Crippen LogP contribution is -2.48. The van der Waals surface area contributed by atoms with E-state index in [4.69, 9.17) is 11.6 Å². The Morgan fingerprint density at radius 1 is 1.18 bits per heavy atom. The van der Waals surface area contributed by atoms with Crippen molar-refractivity contribution in [2.24, 2.45) is 0 Å². The van der Waals surface area contributed by atoms with Crippen LogP contribution in [0.3, 0.4) is 0 Å². The first-order valence-corrected chi connectivity index (χ1v) is 12.8. The van der Waals surface area contributed by atoms with Crippen molar-refractivity contribution in [3.05, 3.63) is 52.4 Å². The van der Waals surface area contributed by atoms with Crippen molar-refractivity contribution >= 4 is 29.3 Å². The molecule has 1 saturated carbocycles. The molecule has 9 nitrogen and oxygen atoms in total. The fourth-order valence-corrected chi connectivity index (χ4v) is 4.38. The van der Waals surface area contributed by atoms with Gasteiger partial charge in [-0.3, -0.25) is 20.1 Å². The molecule has 1 fully saturated rings. The zero-order valence-electron chi connectivity index (χ0n) is 21.9. The normalized spacial score (nSPS) is 14.2. The molecule has 3 rings (SSSR count). The van der Waals surface area contributed by atoms with E-state index in [0.717, 1.165) is 31.2 Å². The van der Waals surface area contributed by atoms with Gasteiger partial charge in [0.25, 0.3) is 5.91 Å². The highest BCUT2D eigenvalue weighted by Gasteiger charge is 2.41. The van der Waals surface area contributed by atoms with Crippen LogP contribution in [0.25, 0.3) is 0 Å². The molecule has 0 saturated heterocycles. The second kappa shape index (κ2) is 12.6. The predicted octanol–water partition coefficient (Wildman–Crippen LogP) is 4.80. The van der Waals surface area contributed by atoms with E-state index in [-0.39, 0.29) is 29.3 Å². The minimum absolute atomic E-state index is 0.0426. The van der Waals surface area contributed by atoms with Crippen LogP contribution in [0.2, 0.25) is 5.02 Å². The van der Waals surface area contributed by atoms with Crippen molar-refractivity contribution in [2.75, 3.05) is 18.2 Å².